The molecule has 0 saturated heterocycles. The molecule has 1 rings (SSSR count). The third kappa shape index (κ3) is 4.70. The van der Waals surface area contributed by atoms with Crippen molar-refractivity contribution in [2.24, 2.45) is 0 Å². The molecule has 0 amide bonds. The van der Waals surface area contributed by atoms with Crippen molar-refractivity contribution in [2.45, 2.75) is 26.0 Å². The average molecular weight is 244 g/mol. The van der Waals surface area contributed by atoms with Gasteiger partial charge in [0.2, 0.25) is 0 Å². The minimum atomic E-state index is -0.316. The quantitative estimate of drug-likeness (QED) is 0.749. The van der Waals surface area contributed by atoms with Gasteiger partial charge in [0, 0.05) is 19.6 Å². The molecule has 0 spiro atoms. The first-order valence-electron chi connectivity index (χ1n) is 6.20. The second-order valence-corrected chi connectivity index (χ2v) is 4.36. The van der Waals surface area contributed by atoms with Crippen LogP contribution in [0.15, 0.2) is 36.9 Å². The van der Waals surface area contributed by atoms with Crippen LogP contribution in [-0.2, 0) is 6.54 Å². The van der Waals surface area contributed by atoms with E-state index in [1.54, 1.807) is 6.07 Å². The van der Waals surface area contributed by atoms with Gasteiger partial charge in [0.05, 0.1) is 17.7 Å². The van der Waals surface area contributed by atoms with Crippen LogP contribution >= 0.6 is 0 Å². The lowest BCUT2D eigenvalue weighted by molar-refractivity contribution is 0.112. The molecule has 1 N–H and O–H groups in total. The maximum absolute atomic E-state index is 9.71. The van der Waals surface area contributed by atoms with Gasteiger partial charge >= 0.3 is 0 Å². The fourth-order valence-electron chi connectivity index (χ4n) is 1.81. The first-order valence-corrected chi connectivity index (χ1v) is 6.20. The molecule has 18 heavy (non-hydrogen) atoms. The monoisotopic (exact) mass is 244 g/mol. The Labute approximate surface area is 109 Å². The summed E-state index contributed by atoms with van der Waals surface area (Å²) >= 11 is 0. The molecule has 1 aromatic rings. The van der Waals surface area contributed by atoms with Crippen LogP contribution in [0.2, 0.25) is 0 Å². The highest BCUT2D eigenvalue weighted by molar-refractivity contribution is 5.32. The third-order valence-electron chi connectivity index (χ3n) is 2.79. The predicted octanol–water partition coefficient (Wildman–Crippen LogP) is 2.32. The highest BCUT2D eigenvalue weighted by Gasteiger charge is 2.09. The van der Waals surface area contributed by atoms with Crippen molar-refractivity contribution in [1.82, 2.24) is 4.90 Å². The van der Waals surface area contributed by atoms with E-state index in [2.05, 4.69) is 17.5 Å². The summed E-state index contributed by atoms with van der Waals surface area (Å²) in [6.45, 7) is 7.77. The Balaban J connectivity index is 2.70. The number of hydrogen-bond donors (Lipinski definition) is 1. The Bertz CT molecular complexity index is 423. The normalized spacial score (nSPS) is 12.1. The molecular formula is C15H20N2O. The Morgan fingerprint density at radius 3 is 2.94 bits per heavy atom. The molecule has 96 valence electrons. The van der Waals surface area contributed by atoms with Crippen molar-refractivity contribution in [3.05, 3.63) is 48.0 Å². The highest BCUT2D eigenvalue weighted by Crippen LogP contribution is 2.09. The lowest BCUT2D eigenvalue weighted by Gasteiger charge is -2.23. The summed E-state index contributed by atoms with van der Waals surface area (Å²) < 4.78 is 0. The van der Waals surface area contributed by atoms with Gasteiger partial charge in [-0.05, 0) is 24.1 Å². The van der Waals surface area contributed by atoms with E-state index in [4.69, 9.17) is 5.26 Å². The maximum atomic E-state index is 9.71. The van der Waals surface area contributed by atoms with E-state index < -0.39 is 0 Å². The first-order chi connectivity index (χ1) is 8.69. The van der Waals surface area contributed by atoms with E-state index in [-0.39, 0.29) is 6.10 Å². The van der Waals surface area contributed by atoms with Gasteiger partial charge in [-0.15, -0.1) is 6.58 Å². The molecule has 3 nitrogen and oxygen atoms in total. The highest BCUT2D eigenvalue weighted by atomic mass is 16.3. The number of rotatable bonds is 7. The fraction of sp³-hybridized carbons (Fsp3) is 0.400. The fourth-order valence-corrected chi connectivity index (χ4v) is 1.81. The molecule has 0 bridgehead atoms. The van der Waals surface area contributed by atoms with Crippen molar-refractivity contribution in [3.63, 3.8) is 0 Å². The molecule has 0 heterocycles. The zero-order chi connectivity index (χ0) is 13.4. The van der Waals surface area contributed by atoms with Crippen molar-refractivity contribution in [1.29, 1.82) is 5.26 Å². The van der Waals surface area contributed by atoms with E-state index in [1.165, 1.54) is 0 Å². The molecule has 0 radical (unpaired) electrons. The van der Waals surface area contributed by atoms with Gasteiger partial charge in [-0.3, -0.25) is 4.90 Å². The molecule has 1 atom stereocenters. The van der Waals surface area contributed by atoms with Gasteiger partial charge < -0.3 is 5.11 Å². The number of benzene rings is 1. The summed E-state index contributed by atoms with van der Waals surface area (Å²) in [5.74, 6) is 0. The van der Waals surface area contributed by atoms with Gasteiger partial charge in [0.25, 0.3) is 0 Å². The minimum absolute atomic E-state index is 0.316. The van der Waals surface area contributed by atoms with Gasteiger partial charge in [0.1, 0.15) is 0 Å². The SMILES string of the molecule is C=CCN(Cc1cccc(C#N)c1)CC(O)CC. The van der Waals surface area contributed by atoms with Gasteiger partial charge in [-0.2, -0.15) is 5.26 Å². The van der Waals surface area contributed by atoms with Gasteiger partial charge in [-0.1, -0.05) is 25.1 Å². The first kappa shape index (κ1) is 14.4. The Morgan fingerprint density at radius 1 is 1.56 bits per heavy atom. The topological polar surface area (TPSA) is 47.3 Å². The summed E-state index contributed by atoms with van der Waals surface area (Å²) in [4.78, 5) is 2.12. The van der Waals surface area contributed by atoms with E-state index in [0.717, 1.165) is 25.1 Å². The van der Waals surface area contributed by atoms with E-state index in [9.17, 15) is 5.11 Å². The van der Waals surface area contributed by atoms with Crippen LogP contribution in [0.5, 0.6) is 0 Å². The number of hydrogen-bond acceptors (Lipinski definition) is 3. The predicted molar refractivity (Wildman–Crippen MR) is 72.9 cm³/mol. The second kappa shape index (κ2) is 7.65. The van der Waals surface area contributed by atoms with Crippen LogP contribution in [0, 0.1) is 11.3 Å². The molecule has 3 heteroatoms. The lowest BCUT2D eigenvalue weighted by Crippen LogP contribution is -2.31. The molecular weight excluding hydrogens is 224 g/mol. The Hall–Kier alpha value is -1.63. The van der Waals surface area contributed by atoms with Crippen LogP contribution in [0.4, 0.5) is 0 Å². The second-order valence-electron chi connectivity index (χ2n) is 4.36. The maximum Gasteiger partial charge on any atom is 0.0991 e. The van der Waals surface area contributed by atoms with E-state index >= 15 is 0 Å². The molecule has 0 aliphatic rings. The molecule has 0 aliphatic carbocycles. The molecule has 0 aromatic heterocycles. The molecule has 1 unspecified atom stereocenters. The van der Waals surface area contributed by atoms with Gasteiger partial charge in [-0.25, -0.2) is 0 Å². The number of nitrogens with zero attached hydrogens (tertiary/aromatic N) is 2. The zero-order valence-electron chi connectivity index (χ0n) is 10.8. The van der Waals surface area contributed by atoms with Crippen molar-refractivity contribution in [3.8, 4) is 6.07 Å². The van der Waals surface area contributed by atoms with Gasteiger partial charge in [0.15, 0.2) is 0 Å². The average Bonchev–Trinajstić information content (AvgIpc) is 2.39. The zero-order valence-corrected chi connectivity index (χ0v) is 10.8. The third-order valence-corrected chi connectivity index (χ3v) is 2.79. The van der Waals surface area contributed by atoms with Crippen molar-refractivity contribution in [2.75, 3.05) is 13.1 Å². The van der Waals surface area contributed by atoms with Crippen LogP contribution < -0.4 is 0 Å². The van der Waals surface area contributed by atoms with E-state index in [1.807, 2.05) is 31.2 Å². The van der Waals surface area contributed by atoms with Crippen molar-refractivity contribution < 1.29 is 5.11 Å². The summed E-state index contributed by atoms with van der Waals surface area (Å²) in [5.41, 5.74) is 1.75. The summed E-state index contributed by atoms with van der Waals surface area (Å²) in [6, 6.07) is 9.69. The van der Waals surface area contributed by atoms with Crippen LogP contribution in [0.3, 0.4) is 0 Å². The van der Waals surface area contributed by atoms with Crippen LogP contribution in [0.1, 0.15) is 24.5 Å². The summed E-state index contributed by atoms with van der Waals surface area (Å²) in [6.07, 6.45) is 2.26. The minimum Gasteiger partial charge on any atom is -0.392 e. The number of nitriles is 1. The lowest BCUT2D eigenvalue weighted by atomic mass is 10.1. The Kier molecular flexibility index (Phi) is 6.13. The standard InChI is InChI=1S/C15H20N2O/c1-3-8-17(12-15(18)4-2)11-14-7-5-6-13(9-14)10-16/h3,5-7,9,15,18H,1,4,8,11-12H2,2H3. The van der Waals surface area contributed by atoms with Crippen molar-refractivity contribution >= 4 is 0 Å². The largest absolute Gasteiger partial charge is 0.392 e. The summed E-state index contributed by atoms with van der Waals surface area (Å²) in [5, 5.41) is 18.6. The molecule has 0 fully saturated rings. The molecule has 0 saturated carbocycles. The van der Waals surface area contributed by atoms with Crippen LogP contribution in [-0.4, -0.2) is 29.2 Å². The van der Waals surface area contributed by atoms with E-state index in [0.29, 0.717) is 12.1 Å². The number of aliphatic hydroxyl groups excluding tert-OH is 1. The summed E-state index contributed by atoms with van der Waals surface area (Å²) in [7, 11) is 0. The van der Waals surface area contributed by atoms with Crippen LogP contribution in [0.25, 0.3) is 0 Å². The smallest absolute Gasteiger partial charge is 0.0991 e. The number of aliphatic hydroxyl groups is 1. The Morgan fingerprint density at radius 2 is 2.33 bits per heavy atom. The molecule has 0 aliphatic heterocycles. The molecule has 1 aromatic carbocycles.